The maximum Gasteiger partial charge on any atom is 0.238 e. The summed E-state index contributed by atoms with van der Waals surface area (Å²) in [5.74, 6) is 0.315. The number of amides is 2. The number of piperidine rings is 1. The predicted molar refractivity (Wildman–Crippen MR) is 112 cm³/mol. The van der Waals surface area contributed by atoms with Gasteiger partial charge < -0.3 is 10.6 Å². The first kappa shape index (κ1) is 18.9. The molecule has 2 aliphatic rings. The molecule has 1 saturated carbocycles. The van der Waals surface area contributed by atoms with E-state index in [2.05, 4.69) is 15.5 Å². The predicted octanol–water partition coefficient (Wildman–Crippen LogP) is 3.55. The van der Waals surface area contributed by atoms with E-state index in [4.69, 9.17) is 0 Å². The average Bonchev–Trinajstić information content (AvgIpc) is 3.22. The Bertz CT molecular complexity index is 831. The molecule has 4 rings (SSSR count). The van der Waals surface area contributed by atoms with Crippen molar-refractivity contribution in [3.63, 3.8) is 0 Å². The maximum absolute atomic E-state index is 12.5. The van der Waals surface area contributed by atoms with Gasteiger partial charge in [-0.25, -0.2) is 0 Å². The molecule has 1 heterocycles. The van der Waals surface area contributed by atoms with Gasteiger partial charge in [0.25, 0.3) is 0 Å². The maximum atomic E-state index is 12.5. The highest BCUT2D eigenvalue weighted by Crippen LogP contribution is 2.24. The second-order valence-electron chi connectivity index (χ2n) is 8.12. The van der Waals surface area contributed by atoms with Crippen LogP contribution in [0.1, 0.15) is 38.5 Å². The van der Waals surface area contributed by atoms with Crippen molar-refractivity contribution in [3.05, 3.63) is 42.5 Å². The highest BCUT2D eigenvalue weighted by atomic mass is 16.2. The van der Waals surface area contributed by atoms with E-state index in [9.17, 15) is 9.59 Å². The fraction of sp³-hybridized carbons (Fsp3) is 0.478. The molecule has 1 saturated heterocycles. The fourth-order valence-corrected chi connectivity index (χ4v) is 4.47. The van der Waals surface area contributed by atoms with E-state index in [0.717, 1.165) is 55.2 Å². The number of likely N-dealkylation sites (tertiary alicyclic amines) is 1. The van der Waals surface area contributed by atoms with Crippen molar-refractivity contribution in [2.24, 2.45) is 5.92 Å². The Morgan fingerprint density at radius 3 is 2.43 bits per heavy atom. The molecule has 2 fully saturated rings. The lowest BCUT2D eigenvalue weighted by Gasteiger charge is -2.31. The summed E-state index contributed by atoms with van der Waals surface area (Å²) in [5.41, 5.74) is 0.855. The Labute approximate surface area is 166 Å². The van der Waals surface area contributed by atoms with Gasteiger partial charge in [-0.3, -0.25) is 14.5 Å². The lowest BCUT2D eigenvalue weighted by atomic mass is 9.95. The molecular formula is C23H29N3O2. The van der Waals surface area contributed by atoms with Gasteiger partial charge in [0.1, 0.15) is 0 Å². The Morgan fingerprint density at radius 2 is 1.64 bits per heavy atom. The van der Waals surface area contributed by atoms with Gasteiger partial charge >= 0.3 is 0 Å². The summed E-state index contributed by atoms with van der Waals surface area (Å²) in [6.45, 7) is 1.97. The summed E-state index contributed by atoms with van der Waals surface area (Å²) in [6.07, 6.45) is 6.38. The zero-order valence-electron chi connectivity index (χ0n) is 16.3. The van der Waals surface area contributed by atoms with Gasteiger partial charge in [0.2, 0.25) is 11.8 Å². The van der Waals surface area contributed by atoms with E-state index < -0.39 is 0 Å². The third kappa shape index (κ3) is 4.53. The molecule has 1 aliphatic heterocycles. The lowest BCUT2D eigenvalue weighted by molar-refractivity contribution is -0.127. The number of fused-ring (bicyclic) bond motifs is 1. The van der Waals surface area contributed by atoms with Gasteiger partial charge in [-0.1, -0.05) is 49.2 Å². The van der Waals surface area contributed by atoms with E-state index in [1.165, 1.54) is 12.8 Å². The van der Waals surface area contributed by atoms with Crippen molar-refractivity contribution < 1.29 is 9.59 Å². The minimum atomic E-state index is 0.00482. The number of anilines is 1. The van der Waals surface area contributed by atoms with Crippen molar-refractivity contribution in [3.8, 4) is 0 Å². The number of rotatable bonds is 5. The number of carbonyl (C=O) groups is 2. The van der Waals surface area contributed by atoms with Crippen LogP contribution in [0.15, 0.2) is 42.5 Å². The Balaban J connectivity index is 1.26. The third-order valence-electron chi connectivity index (χ3n) is 6.09. The van der Waals surface area contributed by atoms with Gasteiger partial charge in [-0.15, -0.1) is 0 Å². The zero-order valence-corrected chi connectivity index (χ0v) is 16.3. The van der Waals surface area contributed by atoms with Crippen molar-refractivity contribution in [1.82, 2.24) is 10.2 Å². The standard InChI is InChI=1S/C23H29N3O2/c27-22(25-21-11-5-7-17-6-1-4-10-20(17)21)16-26-14-12-18(13-15-26)23(28)24-19-8-2-3-9-19/h1,4-7,10-11,18-19H,2-3,8-9,12-16H2,(H,24,28)(H,25,27). The van der Waals surface area contributed by atoms with Crippen LogP contribution in [0.25, 0.3) is 10.8 Å². The summed E-state index contributed by atoms with van der Waals surface area (Å²) in [7, 11) is 0. The van der Waals surface area contributed by atoms with Crippen molar-refractivity contribution in [2.75, 3.05) is 25.0 Å². The summed E-state index contributed by atoms with van der Waals surface area (Å²) >= 11 is 0. The normalized spacial score (nSPS) is 19.0. The van der Waals surface area contributed by atoms with Crippen molar-refractivity contribution >= 4 is 28.3 Å². The molecule has 0 spiro atoms. The first-order valence-electron chi connectivity index (χ1n) is 10.5. The quantitative estimate of drug-likeness (QED) is 0.835. The van der Waals surface area contributed by atoms with E-state index in [1.807, 2.05) is 42.5 Å². The number of benzene rings is 2. The lowest BCUT2D eigenvalue weighted by Crippen LogP contribution is -2.44. The topological polar surface area (TPSA) is 61.4 Å². The summed E-state index contributed by atoms with van der Waals surface area (Å²) in [6, 6.07) is 14.4. The first-order valence-corrected chi connectivity index (χ1v) is 10.5. The number of carbonyl (C=O) groups excluding carboxylic acids is 2. The van der Waals surface area contributed by atoms with Crippen LogP contribution in [0.2, 0.25) is 0 Å². The van der Waals surface area contributed by atoms with Crippen LogP contribution in [0.3, 0.4) is 0 Å². The van der Waals surface area contributed by atoms with E-state index in [-0.39, 0.29) is 17.7 Å². The highest BCUT2D eigenvalue weighted by molar-refractivity contribution is 6.02. The van der Waals surface area contributed by atoms with E-state index in [0.29, 0.717) is 12.6 Å². The number of hydrogen-bond donors (Lipinski definition) is 2. The fourth-order valence-electron chi connectivity index (χ4n) is 4.47. The van der Waals surface area contributed by atoms with Gasteiger partial charge in [-0.2, -0.15) is 0 Å². The average molecular weight is 380 g/mol. The molecule has 148 valence electrons. The number of hydrogen-bond acceptors (Lipinski definition) is 3. The van der Waals surface area contributed by atoms with E-state index >= 15 is 0 Å². The molecule has 28 heavy (non-hydrogen) atoms. The van der Waals surface area contributed by atoms with Crippen LogP contribution in [-0.4, -0.2) is 42.4 Å². The smallest absolute Gasteiger partial charge is 0.238 e. The Kier molecular flexibility index (Phi) is 5.91. The largest absolute Gasteiger partial charge is 0.353 e. The number of nitrogens with zero attached hydrogens (tertiary/aromatic N) is 1. The molecule has 0 aromatic heterocycles. The molecule has 2 aromatic rings. The molecule has 5 nitrogen and oxygen atoms in total. The summed E-state index contributed by atoms with van der Waals surface area (Å²) < 4.78 is 0. The molecule has 0 bridgehead atoms. The Hall–Kier alpha value is -2.40. The van der Waals surface area contributed by atoms with Crippen LogP contribution in [0.5, 0.6) is 0 Å². The molecule has 2 N–H and O–H groups in total. The van der Waals surface area contributed by atoms with Crippen molar-refractivity contribution in [2.45, 2.75) is 44.6 Å². The molecule has 2 aromatic carbocycles. The highest BCUT2D eigenvalue weighted by Gasteiger charge is 2.28. The first-order chi connectivity index (χ1) is 13.7. The molecule has 2 amide bonds. The van der Waals surface area contributed by atoms with Crippen LogP contribution >= 0.6 is 0 Å². The molecule has 0 atom stereocenters. The van der Waals surface area contributed by atoms with Crippen LogP contribution in [-0.2, 0) is 9.59 Å². The van der Waals surface area contributed by atoms with E-state index in [1.54, 1.807) is 0 Å². The van der Waals surface area contributed by atoms with Gasteiger partial charge in [0.05, 0.1) is 6.54 Å². The number of nitrogens with one attached hydrogen (secondary N) is 2. The minimum Gasteiger partial charge on any atom is -0.353 e. The molecule has 0 unspecified atom stereocenters. The molecule has 1 aliphatic carbocycles. The molecule has 5 heteroatoms. The summed E-state index contributed by atoms with van der Waals surface area (Å²) in [4.78, 5) is 27.1. The van der Waals surface area contributed by atoms with Crippen LogP contribution in [0.4, 0.5) is 5.69 Å². The Morgan fingerprint density at radius 1 is 0.929 bits per heavy atom. The van der Waals surface area contributed by atoms with Gasteiger partial charge in [-0.05, 0) is 50.2 Å². The second kappa shape index (κ2) is 8.74. The monoisotopic (exact) mass is 379 g/mol. The third-order valence-corrected chi connectivity index (χ3v) is 6.09. The minimum absolute atomic E-state index is 0.00482. The van der Waals surface area contributed by atoms with Crippen LogP contribution < -0.4 is 10.6 Å². The molecular weight excluding hydrogens is 350 g/mol. The van der Waals surface area contributed by atoms with Crippen molar-refractivity contribution in [1.29, 1.82) is 0 Å². The molecule has 0 radical (unpaired) electrons. The van der Waals surface area contributed by atoms with Gasteiger partial charge in [0, 0.05) is 23.0 Å². The van der Waals surface area contributed by atoms with Crippen LogP contribution in [0, 0.1) is 5.92 Å². The summed E-state index contributed by atoms with van der Waals surface area (Å²) in [5, 5.41) is 8.45. The second-order valence-corrected chi connectivity index (χ2v) is 8.12. The zero-order chi connectivity index (χ0) is 19.3. The SMILES string of the molecule is O=C(CN1CCC(C(=O)NC2CCCC2)CC1)Nc1cccc2ccccc12. The van der Waals surface area contributed by atoms with Gasteiger partial charge in [0.15, 0.2) is 0 Å².